The van der Waals surface area contributed by atoms with E-state index in [1.54, 1.807) is 11.3 Å². The molecule has 1 aromatic heterocycles. The van der Waals surface area contributed by atoms with E-state index in [4.69, 9.17) is 4.98 Å². The molecular formula is C24H24BrN3OS. The van der Waals surface area contributed by atoms with E-state index in [0.717, 1.165) is 54.3 Å². The Hall–Kier alpha value is -2.02. The molecular weight excluding hydrogens is 458 g/mol. The van der Waals surface area contributed by atoms with Gasteiger partial charge in [-0.3, -0.25) is 9.69 Å². The SMILES string of the molecule is O=C(C1CC1c1ccc(Br)cc1)N1CCN(Cc2csc(-c3ccccc3)n2)CC1. The van der Waals surface area contributed by atoms with Crippen LogP contribution in [0.1, 0.15) is 23.6 Å². The molecule has 2 fully saturated rings. The molecule has 3 aromatic rings. The van der Waals surface area contributed by atoms with Gasteiger partial charge in [0.15, 0.2) is 0 Å². The van der Waals surface area contributed by atoms with Crippen LogP contribution in [0.4, 0.5) is 0 Å². The first kappa shape index (κ1) is 19.9. The molecule has 1 saturated heterocycles. The number of thiazole rings is 1. The lowest BCUT2D eigenvalue weighted by molar-refractivity contribution is -0.134. The third kappa shape index (κ3) is 4.36. The quantitative estimate of drug-likeness (QED) is 0.513. The van der Waals surface area contributed by atoms with E-state index in [0.29, 0.717) is 11.8 Å². The van der Waals surface area contributed by atoms with Crippen LogP contribution in [0.2, 0.25) is 0 Å². The van der Waals surface area contributed by atoms with Gasteiger partial charge >= 0.3 is 0 Å². The normalized spacial score (nSPS) is 21.6. The first-order valence-electron chi connectivity index (χ1n) is 10.4. The van der Waals surface area contributed by atoms with Crippen LogP contribution in [-0.4, -0.2) is 46.9 Å². The van der Waals surface area contributed by atoms with Gasteiger partial charge in [-0.25, -0.2) is 4.98 Å². The molecule has 0 spiro atoms. The molecule has 2 aliphatic rings. The van der Waals surface area contributed by atoms with E-state index >= 15 is 0 Å². The fraction of sp³-hybridized carbons (Fsp3) is 0.333. The van der Waals surface area contributed by atoms with Crippen LogP contribution in [0.5, 0.6) is 0 Å². The van der Waals surface area contributed by atoms with Crippen molar-refractivity contribution < 1.29 is 4.79 Å². The number of rotatable bonds is 5. The zero-order chi connectivity index (χ0) is 20.5. The summed E-state index contributed by atoms with van der Waals surface area (Å²) in [6.07, 6.45) is 0.988. The summed E-state index contributed by atoms with van der Waals surface area (Å²) in [5, 5.41) is 3.24. The van der Waals surface area contributed by atoms with Gasteiger partial charge in [0.2, 0.25) is 5.91 Å². The van der Waals surface area contributed by atoms with Gasteiger partial charge in [-0.05, 0) is 30.0 Å². The zero-order valence-corrected chi connectivity index (χ0v) is 19.1. The van der Waals surface area contributed by atoms with Crippen LogP contribution >= 0.6 is 27.3 Å². The molecule has 0 bridgehead atoms. The molecule has 2 aromatic carbocycles. The van der Waals surface area contributed by atoms with E-state index in [-0.39, 0.29) is 5.92 Å². The predicted molar refractivity (Wildman–Crippen MR) is 124 cm³/mol. The Morgan fingerprint density at radius 1 is 1.03 bits per heavy atom. The van der Waals surface area contributed by atoms with Crippen molar-refractivity contribution >= 4 is 33.2 Å². The summed E-state index contributed by atoms with van der Waals surface area (Å²) < 4.78 is 1.09. The highest BCUT2D eigenvalue weighted by Crippen LogP contribution is 2.48. The predicted octanol–water partition coefficient (Wildman–Crippen LogP) is 5.02. The topological polar surface area (TPSA) is 36.4 Å². The fourth-order valence-corrected chi connectivity index (χ4v) is 5.31. The average Bonchev–Trinajstić information content (AvgIpc) is 3.45. The summed E-state index contributed by atoms with van der Waals surface area (Å²) >= 11 is 5.18. The van der Waals surface area contributed by atoms with Crippen LogP contribution in [0.3, 0.4) is 0 Å². The highest BCUT2D eigenvalue weighted by atomic mass is 79.9. The number of carbonyl (C=O) groups is 1. The minimum Gasteiger partial charge on any atom is -0.340 e. The third-order valence-electron chi connectivity index (χ3n) is 6.05. The largest absolute Gasteiger partial charge is 0.340 e. The highest BCUT2D eigenvalue weighted by Gasteiger charge is 2.46. The van der Waals surface area contributed by atoms with E-state index in [9.17, 15) is 4.79 Å². The van der Waals surface area contributed by atoms with Gasteiger partial charge in [-0.1, -0.05) is 58.4 Å². The lowest BCUT2D eigenvalue weighted by Crippen LogP contribution is -2.48. The fourth-order valence-electron chi connectivity index (χ4n) is 4.23. The minimum absolute atomic E-state index is 0.171. The summed E-state index contributed by atoms with van der Waals surface area (Å²) in [5.74, 6) is 0.905. The summed E-state index contributed by atoms with van der Waals surface area (Å²) in [5.41, 5.74) is 3.58. The van der Waals surface area contributed by atoms with Crippen LogP contribution in [0.25, 0.3) is 10.6 Å². The van der Waals surface area contributed by atoms with E-state index in [1.165, 1.54) is 11.1 Å². The maximum Gasteiger partial charge on any atom is 0.226 e. The summed E-state index contributed by atoms with van der Waals surface area (Å²) in [6.45, 7) is 4.33. The molecule has 0 radical (unpaired) electrons. The molecule has 2 unspecified atom stereocenters. The Morgan fingerprint density at radius 2 is 1.77 bits per heavy atom. The lowest BCUT2D eigenvalue weighted by atomic mass is 10.1. The number of halogens is 1. The molecule has 30 heavy (non-hydrogen) atoms. The molecule has 2 heterocycles. The first-order chi connectivity index (χ1) is 14.7. The van der Waals surface area contributed by atoms with Crippen molar-refractivity contribution in [3.63, 3.8) is 0 Å². The zero-order valence-electron chi connectivity index (χ0n) is 16.7. The number of aromatic nitrogens is 1. The van der Waals surface area contributed by atoms with Gasteiger partial charge < -0.3 is 4.90 Å². The van der Waals surface area contributed by atoms with Crippen molar-refractivity contribution in [1.82, 2.24) is 14.8 Å². The molecule has 1 amide bonds. The Morgan fingerprint density at radius 3 is 2.50 bits per heavy atom. The molecule has 2 atom stereocenters. The van der Waals surface area contributed by atoms with Gasteiger partial charge in [-0.15, -0.1) is 11.3 Å². The van der Waals surface area contributed by atoms with Crippen molar-refractivity contribution in [2.75, 3.05) is 26.2 Å². The molecule has 1 aliphatic heterocycles. The van der Waals surface area contributed by atoms with Crippen molar-refractivity contribution in [2.45, 2.75) is 18.9 Å². The Balaban J connectivity index is 1.12. The number of nitrogens with zero attached hydrogens (tertiary/aromatic N) is 3. The average molecular weight is 482 g/mol. The van der Waals surface area contributed by atoms with Crippen LogP contribution < -0.4 is 0 Å². The van der Waals surface area contributed by atoms with Gasteiger partial charge in [0.05, 0.1) is 5.69 Å². The summed E-state index contributed by atoms with van der Waals surface area (Å²) in [6, 6.07) is 18.7. The first-order valence-corrected chi connectivity index (χ1v) is 12.1. The Bertz CT molecular complexity index is 1010. The number of amides is 1. The smallest absolute Gasteiger partial charge is 0.226 e. The van der Waals surface area contributed by atoms with Crippen molar-refractivity contribution in [2.24, 2.45) is 5.92 Å². The van der Waals surface area contributed by atoms with E-state index in [2.05, 4.69) is 67.5 Å². The molecule has 4 nitrogen and oxygen atoms in total. The van der Waals surface area contributed by atoms with Gasteiger partial charge in [0.25, 0.3) is 0 Å². The van der Waals surface area contributed by atoms with Gasteiger partial charge in [0.1, 0.15) is 5.01 Å². The molecule has 0 N–H and O–H groups in total. The van der Waals surface area contributed by atoms with Crippen LogP contribution in [-0.2, 0) is 11.3 Å². The second-order valence-corrected chi connectivity index (χ2v) is 9.89. The molecule has 6 heteroatoms. The van der Waals surface area contributed by atoms with E-state index < -0.39 is 0 Å². The van der Waals surface area contributed by atoms with Crippen LogP contribution in [0.15, 0.2) is 64.5 Å². The standard InChI is InChI=1S/C24H24BrN3OS/c25-19-8-6-17(7-9-19)21-14-22(21)24(29)28-12-10-27(11-13-28)15-20-16-30-23(26-20)18-4-2-1-3-5-18/h1-9,16,21-22H,10-15H2. The van der Waals surface area contributed by atoms with Gasteiger partial charge in [0, 0.05) is 54.1 Å². The maximum atomic E-state index is 12.9. The molecule has 5 rings (SSSR count). The third-order valence-corrected chi connectivity index (χ3v) is 7.52. The summed E-state index contributed by atoms with van der Waals surface area (Å²) in [4.78, 5) is 22.2. The van der Waals surface area contributed by atoms with E-state index in [1.807, 2.05) is 18.2 Å². The second kappa shape index (κ2) is 8.61. The van der Waals surface area contributed by atoms with Crippen molar-refractivity contribution in [3.05, 3.63) is 75.7 Å². The minimum atomic E-state index is 0.171. The number of hydrogen-bond acceptors (Lipinski definition) is 4. The molecule has 154 valence electrons. The number of benzene rings is 2. The second-order valence-electron chi connectivity index (χ2n) is 8.11. The maximum absolute atomic E-state index is 12.9. The number of carbonyl (C=O) groups excluding carboxylic acids is 1. The van der Waals surface area contributed by atoms with Crippen molar-refractivity contribution in [3.8, 4) is 10.6 Å². The summed E-state index contributed by atoms with van der Waals surface area (Å²) in [7, 11) is 0. The number of piperazine rings is 1. The number of hydrogen-bond donors (Lipinski definition) is 0. The Labute approximate surface area is 189 Å². The molecule has 1 saturated carbocycles. The monoisotopic (exact) mass is 481 g/mol. The highest BCUT2D eigenvalue weighted by molar-refractivity contribution is 9.10. The van der Waals surface area contributed by atoms with Crippen LogP contribution in [0, 0.1) is 5.92 Å². The lowest BCUT2D eigenvalue weighted by Gasteiger charge is -2.34. The van der Waals surface area contributed by atoms with Crippen molar-refractivity contribution in [1.29, 1.82) is 0 Å². The molecule has 1 aliphatic carbocycles. The van der Waals surface area contributed by atoms with Gasteiger partial charge in [-0.2, -0.15) is 0 Å². The Kier molecular flexibility index (Phi) is 5.72.